The molecule has 0 spiro atoms. The monoisotopic (exact) mass is 392 g/mol. The molecule has 0 saturated carbocycles. The van der Waals surface area contributed by atoms with Crippen LogP contribution in [0.4, 0.5) is 11.4 Å². The molecule has 1 N–H and O–H groups in total. The molecular formula is C23H24N2O4. The summed E-state index contributed by atoms with van der Waals surface area (Å²) >= 11 is 0. The van der Waals surface area contributed by atoms with Crippen LogP contribution >= 0.6 is 0 Å². The van der Waals surface area contributed by atoms with Gasteiger partial charge >= 0.3 is 0 Å². The van der Waals surface area contributed by atoms with Gasteiger partial charge in [-0.15, -0.1) is 0 Å². The van der Waals surface area contributed by atoms with Gasteiger partial charge in [0.25, 0.3) is 0 Å². The summed E-state index contributed by atoms with van der Waals surface area (Å²) in [5, 5.41) is 3.89. The van der Waals surface area contributed by atoms with E-state index >= 15 is 0 Å². The van der Waals surface area contributed by atoms with E-state index in [4.69, 9.17) is 9.15 Å². The Bertz CT molecular complexity index is 1100. The number of hydrogen-bond acceptors (Lipinski definition) is 4. The van der Waals surface area contributed by atoms with Crippen LogP contribution in [0, 0.1) is 13.8 Å². The van der Waals surface area contributed by atoms with Gasteiger partial charge in [0.15, 0.2) is 0 Å². The molecule has 4 rings (SSSR count). The Morgan fingerprint density at radius 3 is 2.72 bits per heavy atom. The van der Waals surface area contributed by atoms with Crippen molar-refractivity contribution in [3.8, 4) is 5.75 Å². The van der Waals surface area contributed by atoms with Gasteiger partial charge in [-0.1, -0.05) is 0 Å². The van der Waals surface area contributed by atoms with Gasteiger partial charge in [0.2, 0.25) is 11.8 Å². The average molecular weight is 392 g/mol. The predicted molar refractivity (Wildman–Crippen MR) is 113 cm³/mol. The summed E-state index contributed by atoms with van der Waals surface area (Å²) < 4.78 is 11.0. The highest BCUT2D eigenvalue weighted by atomic mass is 16.5. The first kappa shape index (κ1) is 19.1. The Balaban J connectivity index is 1.54. The van der Waals surface area contributed by atoms with Gasteiger partial charge in [-0.05, 0) is 61.7 Å². The van der Waals surface area contributed by atoms with Crippen LogP contribution in [0.15, 0.2) is 41.0 Å². The molecular weight excluding hydrogens is 368 g/mol. The average Bonchev–Trinajstić information content (AvgIpc) is 3.28. The van der Waals surface area contributed by atoms with Crippen molar-refractivity contribution >= 4 is 34.2 Å². The van der Waals surface area contributed by atoms with E-state index in [2.05, 4.69) is 11.4 Å². The molecule has 2 aromatic carbocycles. The second kappa shape index (κ2) is 7.62. The number of carbonyl (C=O) groups excluding carboxylic acids is 2. The summed E-state index contributed by atoms with van der Waals surface area (Å²) in [6.45, 7) is 4.74. The molecule has 29 heavy (non-hydrogen) atoms. The van der Waals surface area contributed by atoms with Crippen LogP contribution in [-0.2, 0) is 16.0 Å². The molecule has 2 heterocycles. The third-order valence-electron chi connectivity index (χ3n) is 5.45. The van der Waals surface area contributed by atoms with Crippen molar-refractivity contribution in [2.45, 2.75) is 33.1 Å². The first-order chi connectivity index (χ1) is 14.0. The zero-order valence-corrected chi connectivity index (χ0v) is 16.9. The number of fused-ring (bicyclic) bond motifs is 1. The molecule has 0 bridgehead atoms. The standard InChI is InChI=1S/C23H24N2O4/c1-14-9-18-16(13-29-21(18)10-15(14)2)11-22(26)24-17-6-7-20(28-3)19(12-17)25-8-4-5-23(25)27/h6-7,9-10,12-13H,4-5,8,11H2,1-3H3,(H,24,26). The van der Waals surface area contributed by atoms with E-state index in [0.29, 0.717) is 30.1 Å². The fraction of sp³-hybridized carbons (Fsp3) is 0.304. The quantitative estimate of drug-likeness (QED) is 0.700. The van der Waals surface area contributed by atoms with Gasteiger partial charge in [-0.3, -0.25) is 9.59 Å². The second-order valence-electron chi connectivity index (χ2n) is 7.45. The maximum Gasteiger partial charge on any atom is 0.228 e. The summed E-state index contributed by atoms with van der Waals surface area (Å²) in [6, 6.07) is 9.40. The highest BCUT2D eigenvalue weighted by molar-refractivity contribution is 5.99. The SMILES string of the molecule is COc1ccc(NC(=O)Cc2coc3cc(C)c(C)cc23)cc1N1CCCC1=O. The molecule has 6 nitrogen and oxygen atoms in total. The van der Waals surface area contributed by atoms with Gasteiger partial charge in [0.05, 0.1) is 25.5 Å². The normalized spacial score (nSPS) is 13.9. The minimum absolute atomic E-state index is 0.0716. The van der Waals surface area contributed by atoms with Crippen molar-refractivity contribution in [2.24, 2.45) is 0 Å². The number of benzene rings is 2. The molecule has 0 aliphatic carbocycles. The number of furan rings is 1. The third kappa shape index (κ3) is 3.70. The van der Waals surface area contributed by atoms with Crippen molar-refractivity contribution in [1.82, 2.24) is 0 Å². The molecule has 6 heteroatoms. The van der Waals surface area contributed by atoms with Gasteiger partial charge in [0.1, 0.15) is 11.3 Å². The zero-order chi connectivity index (χ0) is 20.5. The molecule has 1 aromatic heterocycles. The Hall–Kier alpha value is -3.28. The molecule has 1 aliphatic rings. The van der Waals surface area contributed by atoms with Crippen molar-refractivity contribution in [1.29, 1.82) is 0 Å². The van der Waals surface area contributed by atoms with Crippen LogP contribution in [-0.4, -0.2) is 25.5 Å². The zero-order valence-electron chi connectivity index (χ0n) is 16.9. The first-order valence-corrected chi connectivity index (χ1v) is 9.72. The number of carbonyl (C=O) groups is 2. The second-order valence-corrected chi connectivity index (χ2v) is 7.45. The Kier molecular flexibility index (Phi) is 5.01. The number of rotatable bonds is 5. The van der Waals surface area contributed by atoms with Gasteiger partial charge in [-0.2, -0.15) is 0 Å². The topological polar surface area (TPSA) is 71.8 Å². The molecule has 2 amide bonds. The number of anilines is 2. The fourth-order valence-corrected chi connectivity index (χ4v) is 3.73. The number of hydrogen-bond donors (Lipinski definition) is 1. The number of nitrogens with one attached hydrogen (secondary N) is 1. The third-order valence-corrected chi connectivity index (χ3v) is 5.45. The highest BCUT2D eigenvalue weighted by Gasteiger charge is 2.25. The van der Waals surface area contributed by atoms with E-state index in [1.807, 2.05) is 19.9 Å². The summed E-state index contributed by atoms with van der Waals surface area (Å²) in [5.74, 6) is 0.544. The molecule has 0 unspecified atom stereocenters. The van der Waals surface area contributed by atoms with Crippen molar-refractivity contribution in [3.63, 3.8) is 0 Å². The van der Waals surface area contributed by atoms with Gasteiger partial charge < -0.3 is 19.4 Å². The number of aryl methyl sites for hydroxylation is 2. The van der Waals surface area contributed by atoms with Crippen molar-refractivity contribution < 1.29 is 18.7 Å². The van der Waals surface area contributed by atoms with Gasteiger partial charge in [-0.25, -0.2) is 0 Å². The van der Waals surface area contributed by atoms with Crippen LogP contribution in [0.25, 0.3) is 11.0 Å². The van der Waals surface area contributed by atoms with Crippen LogP contribution in [0.1, 0.15) is 29.5 Å². The molecule has 150 valence electrons. The van der Waals surface area contributed by atoms with Crippen LogP contribution in [0.5, 0.6) is 5.75 Å². The largest absolute Gasteiger partial charge is 0.495 e. The fourth-order valence-electron chi connectivity index (χ4n) is 3.73. The Morgan fingerprint density at radius 1 is 1.21 bits per heavy atom. The number of ether oxygens (including phenoxy) is 1. The number of methoxy groups -OCH3 is 1. The van der Waals surface area contributed by atoms with Gasteiger partial charge in [0, 0.05) is 29.6 Å². The maximum absolute atomic E-state index is 12.7. The molecule has 0 atom stereocenters. The Morgan fingerprint density at radius 2 is 2.00 bits per heavy atom. The number of amides is 2. The Labute approximate surface area is 169 Å². The summed E-state index contributed by atoms with van der Waals surface area (Å²) in [6.07, 6.45) is 3.21. The van der Waals surface area contributed by atoms with E-state index in [9.17, 15) is 9.59 Å². The number of nitrogens with zero attached hydrogens (tertiary/aromatic N) is 1. The van der Waals surface area contributed by atoms with Crippen LogP contribution in [0.2, 0.25) is 0 Å². The van der Waals surface area contributed by atoms with Crippen LogP contribution < -0.4 is 15.0 Å². The van der Waals surface area contributed by atoms with E-state index < -0.39 is 0 Å². The first-order valence-electron chi connectivity index (χ1n) is 9.72. The predicted octanol–water partition coefficient (Wildman–Crippen LogP) is 4.37. The lowest BCUT2D eigenvalue weighted by atomic mass is 10.0. The van der Waals surface area contributed by atoms with E-state index in [1.54, 1.807) is 36.5 Å². The summed E-state index contributed by atoms with van der Waals surface area (Å²) in [7, 11) is 1.57. The van der Waals surface area contributed by atoms with Crippen molar-refractivity contribution in [3.05, 3.63) is 53.3 Å². The highest BCUT2D eigenvalue weighted by Crippen LogP contribution is 2.34. The minimum Gasteiger partial charge on any atom is -0.495 e. The van der Waals surface area contributed by atoms with E-state index in [-0.39, 0.29) is 18.2 Å². The van der Waals surface area contributed by atoms with Crippen LogP contribution in [0.3, 0.4) is 0 Å². The maximum atomic E-state index is 12.7. The lowest BCUT2D eigenvalue weighted by molar-refractivity contribution is -0.117. The summed E-state index contributed by atoms with van der Waals surface area (Å²) in [4.78, 5) is 26.5. The molecule has 1 saturated heterocycles. The molecule has 1 fully saturated rings. The molecule has 0 radical (unpaired) electrons. The lowest BCUT2D eigenvalue weighted by Crippen LogP contribution is -2.24. The van der Waals surface area contributed by atoms with Crippen molar-refractivity contribution in [2.75, 3.05) is 23.9 Å². The molecule has 1 aliphatic heterocycles. The lowest BCUT2D eigenvalue weighted by Gasteiger charge is -2.20. The smallest absolute Gasteiger partial charge is 0.228 e. The molecule has 3 aromatic rings. The van der Waals surface area contributed by atoms with E-state index in [1.165, 1.54) is 0 Å². The minimum atomic E-state index is -0.144. The summed E-state index contributed by atoms with van der Waals surface area (Å²) in [5.41, 5.74) is 5.28. The van der Waals surface area contributed by atoms with E-state index in [0.717, 1.165) is 34.1 Å².